The first-order chi connectivity index (χ1) is 13.3. The Morgan fingerprint density at radius 1 is 1.04 bits per heavy atom. The zero-order chi connectivity index (χ0) is 18.5. The SMILES string of the molecule is O=C(NC1CCN(CC2CCCC2)CC1)[C@@H]1CCCN(c2ccccn2)C1. The van der Waals surface area contributed by atoms with Crippen molar-refractivity contribution in [2.24, 2.45) is 11.8 Å². The summed E-state index contributed by atoms with van der Waals surface area (Å²) in [6, 6.07) is 6.37. The van der Waals surface area contributed by atoms with Crippen molar-refractivity contribution in [3.63, 3.8) is 0 Å². The Morgan fingerprint density at radius 2 is 1.85 bits per heavy atom. The summed E-state index contributed by atoms with van der Waals surface area (Å²) in [4.78, 5) is 22.2. The van der Waals surface area contributed by atoms with E-state index in [0.29, 0.717) is 6.04 Å². The predicted octanol–water partition coefficient (Wildman–Crippen LogP) is 3.07. The molecule has 27 heavy (non-hydrogen) atoms. The number of aromatic nitrogens is 1. The number of nitrogens with zero attached hydrogens (tertiary/aromatic N) is 3. The number of hydrogen-bond donors (Lipinski definition) is 1. The first-order valence-electron chi connectivity index (χ1n) is 11.0. The fourth-order valence-corrected chi connectivity index (χ4v) is 5.08. The molecule has 0 radical (unpaired) electrons. The molecule has 1 amide bonds. The number of hydrogen-bond acceptors (Lipinski definition) is 4. The number of rotatable bonds is 5. The average Bonchev–Trinajstić information content (AvgIpc) is 3.23. The number of carbonyl (C=O) groups excluding carboxylic acids is 1. The fourth-order valence-electron chi connectivity index (χ4n) is 5.08. The maximum Gasteiger partial charge on any atom is 0.225 e. The van der Waals surface area contributed by atoms with Gasteiger partial charge >= 0.3 is 0 Å². The second kappa shape index (κ2) is 9.05. The van der Waals surface area contributed by atoms with Crippen molar-refractivity contribution in [2.75, 3.05) is 37.6 Å². The normalized spacial score (nSPS) is 25.6. The molecule has 0 unspecified atom stereocenters. The van der Waals surface area contributed by atoms with Crippen LogP contribution in [0.3, 0.4) is 0 Å². The van der Waals surface area contributed by atoms with Gasteiger partial charge in [-0.1, -0.05) is 18.9 Å². The fraction of sp³-hybridized carbons (Fsp3) is 0.727. The molecule has 148 valence electrons. The van der Waals surface area contributed by atoms with Crippen LogP contribution in [0.1, 0.15) is 51.4 Å². The lowest BCUT2D eigenvalue weighted by Crippen LogP contribution is -2.49. The smallest absolute Gasteiger partial charge is 0.225 e. The lowest BCUT2D eigenvalue weighted by atomic mass is 9.95. The maximum absolute atomic E-state index is 12.8. The van der Waals surface area contributed by atoms with Crippen LogP contribution in [0.15, 0.2) is 24.4 Å². The van der Waals surface area contributed by atoms with Crippen LogP contribution in [0.25, 0.3) is 0 Å². The Balaban J connectivity index is 1.22. The maximum atomic E-state index is 12.8. The van der Waals surface area contributed by atoms with Crippen molar-refractivity contribution in [3.05, 3.63) is 24.4 Å². The molecule has 3 heterocycles. The van der Waals surface area contributed by atoms with Crippen LogP contribution in [0, 0.1) is 11.8 Å². The number of carbonyl (C=O) groups is 1. The van der Waals surface area contributed by atoms with Gasteiger partial charge in [0.05, 0.1) is 5.92 Å². The van der Waals surface area contributed by atoms with E-state index in [1.165, 1.54) is 32.2 Å². The molecule has 1 aromatic heterocycles. The third kappa shape index (κ3) is 5.01. The number of pyridine rings is 1. The van der Waals surface area contributed by atoms with E-state index in [-0.39, 0.29) is 11.8 Å². The molecule has 1 aliphatic carbocycles. The van der Waals surface area contributed by atoms with E-state index < -0.39 is 0 Å². The van der Waals surface area contributed by atoms with Crippen LogP contribution in [-0.2, 0) is 4.79 Å². The van der Waals surface area contributed by atoms with Crippen LogP contribution < -0.4 is 10.2 Å². The monoisotopic (exact) mass is 370 g/mol. The molecule has 0 bridgehead atoms. The van der Waals surface area contributed by atoms with Crippen molar-refractivity contribution >= 4 is 11.7 Å². The highest BCUT2D eigenvalue weighted by atomic mass is 16.2. The van der Waals surface area contributed by atoms with E-state index in [2.05, 4.69) is 20.1 Å². The van der Waals surface area contributed by atoms with Crippen molar-refractivity contribution < 1.29 is 4.79 Å². The van der Waals surface area contributed by atoms with Crippen LogP contribution in [-0.4, -0.2) is 54.6 Å². The Labute approximate surface area is 163 Å². The van der Waals surface area contributed by atoms with E-state index in [1.54, 1.807) is 0 Å². The lowest BCUT2D eigenvalue weighted by Gasteiger charge is -2.36. The third-order valence-corrected chi connectivity index (χ3v) is 6.69. The molecule has 0 aromatic carbocycles. The molecule has 1 saturated carbocycles. The average molecular weight is 371 g/mol. The molecule has 1 aromatic rings. The van der Waals surface area contributed by atoms with Crippen molar-refractivity contribution in [3.8, 4) is 0 Å². The third-order valence-electron chi connectivity index (χ3n) is 6.69. The Kier molecular flexibility index (Phi) is 6.28. The van der Waals surface area contributed by atoms with Crippen LogP contribution in [0.2, 0.25) is 0 Å². The summed E-state index contributed by atoms with van der Waals surface area (Å²) >= 11 is 0. The second-order valence-electron chi connectivity index (χ2n) is 8.71. The summed E-state index contributed by atoms with van der Waals surface area (Å²) in [5.41, 5.74) is 0. The van der Waals surface area contributed by atoms with Gasteiger partial charge in [-0.05, 0) is 56.6 Å². The number of likely N-dealkylation sites (tertiary alicyclic amines) is 1. The lowest BCUT2D eigenvalue weighted by molar-refractivity contribution is -0.126. The summed E-state index contributed by atoms with van der Waals surface area (Å²) in [5.74, 6) is 2.27. The minimum absolute atomic E-state index is 0.0947. The first kappa shape index (κ1) is 18.7. The highest BCUT2D eigenvalue weighted by molar-refractivity contribution is 5.79. The van der Waals surface area contributed by atoms with Gasteiger partial charge in [-0.3, -0.25) is 4.79 Å². The van der Waals surface area contributed by atoms with E-state index in [4.69, 9.17) is 0 Å². The van der Waals surface area contributed by atoms with Gasteiger partial charge in [0.1, 0.15) is 5.82 Å². The highest BCUT2D eigenvalue weighted by Gasteiger charge is 2.29. The van der Waals surface area contributed by atoms with Gasteiger partial charge in [-0.25, -0.2) is 4.98 Å². The van der Waals surface area contributed by atoms with E-state index in [9.17, 15) is 4.79 Å². The van der Waals surface area contributed by atoms with Crippen molar-refractivity contribution in [2.45, 2.75) is 57.4 Å². The summed E-state index contributed by atoms with van der Waals surface area (Å²) < 4.78 is 0. The van der Waals surface area contributed by atoms with Gasteiger partial charge in [0.2, 0.25) is 5.91 Å². The van der Waals surface area contributed by atoms with Crippen LogP contribution in [0.5, 0.6) is 0 Å². The molecule has 2 aliphatic heterocycles. The molecule has 0 spiro atoms. The standard InChI is InChI=1S/C22H34N4O/c27-22(19-8-5-13-26(17-19)21-9-3-4-12-23-21)24-20-10-14-25(15-11-20)16-18-6-1-2-7-18/h3-4,9,12,18-20H,1-2,5-8,10-11,13-17H2,(H,24,27)/t19-/m1/s1. The van der Waals surface area contributed by atoms with E-state index in [0.717, 1.165) is 63.6 Å². The van der Waals surface area contributed by atoms with Gasteiger partial charge in [0.25, 0.3) is 0 Å². The quantitative estimate of drug-likeness (QED) is 0.865. The Morgan fingerprint density at radius 3 is 2.59 bits per heavy atom. The molecule has 1 N–H and O–H groups in total. The molecule has 3 fully saturated rings. The zero-order valence-electron chi connectivity index (χ0n) is 16.5. The van der Waals surface area contributed by atoms with Crippen LogP contribution in [0.4, 0.5) is 5.82 Å². The molecular weight excluding hydrogens is 336 g/mol. The van der Waals surface area contributed by atoms with Gasteiger partial charge < -0.3 is 15.1 Å². The van der Waals surface area contributed by atoms with Gasteiger partial charge in [0.15, 0.2) is 0 Å². The van der Waals surface area contributed by atoms with Gasteiger partial charge in [-0.2, -0.15) is 0 Å². The largest absolute Gasteiger partial charge is 0.356 e. The predicted molar refractivity (Wildman–Crippen MR) is 109 cm³/mol. The molecule has 3 aliphatic rings. The Hall–Kier alpha value is -1.62. The minimum Gasteiger partial charge on any atom is -0.356 e. The minimum atomic E-state index is 0.0947. The number of amides is 1. The second-order valence-corrected chi connectivity index (χ2v) is 8.71. The Bertz CT molecular complexity index is 594. The first-order valence-corrected chi connectivity index (χ1v) is 11.0. The summed E-state index contributed by atoms with van der Waals surface area (Å²) in [7, 11) is 0. The zero-order valence-corrected chi connectivity index (χ0v) is 16.5. The van der Waals surface area contributed by atoms with Gasteiger partial charge in [0, 0.05) is 45.0 Å². The van der Waals surface area contributed by atoms with E-state index in [1.807, 2.05) is 24.4 Å². The van der Waals surface area contributed by atoms with E-state index >= 15 is 0 Å². The van der Waals surface area contributed by atoms with Crippen molar-refractivity contribution in [1.29, 1.82) is 0 Å². The highest BCUT2D eigenvalue weighted by Crippen LogP contribution is 2.27. The molecular formula is C22H34N4O. The van der Waals surface area contributed by atoms with Gasteiger partial charge in [-0.15, -0.1) is 0 Å². The number of anilines is 1. The number of piperidine rings is 2. The molecule has 4 rings (SSSR count). The van der Waals surface area contributed by atoms with Crippen molar-refractivity contribution in [1.82, 2.24) is 15.2 Å². The molecule has 2 saturated heterocycles. The van der Waals surface area contributed by atoms with Crippen LogP contribution >= 0.6 is 0 Å². The summed E-state index contributed by atoms with van der Waals surface area (Å²) in [6.45, 7) is 5.37. The molecule has 5 heteroatoms. The summed E-state index contributed by atoms with van der Waals surface area (Å²) in [6.07, 6.45) is 11.8. The number of nitrogens with one attached hydrogen (secondary N) is 1. The summed E-state index contributed by atoms with van der Waals surface area (Å²) in [5, 5.41) is 3.36. The molecule has 5 nitrogen and oxygen atoms in total. The molecule has 1 atom stereocenters. The topological polar surface area (TPSA) is 48.5 Å².